The van der Waals surface area contributed by atoms with Crippen molar-refractivity contribution in [2.24, 2.45) is 0 Å². The number of carboxylic acid groups (broad SMARTS) is 2. The Bertz CT molecular complexity index is 6110. The van der Waals surface area contributed by atoms with Crippen LogP contribution < -0.4 is 37.9 Å². The maximum absolute atomic E-state index is 14.7. The Labute approximate surface area is 837 Å². The normalized spacial score (nSPS) is 12.7. The topological polar surface area (TPSA) is 201 Å². The number of carbonyl (C=O) groups excluding carboxylic acids is 2. The van der Waals surface area contributed by atoms with Crippen LogP contribution in [0.25, 0.3) is 44.5 Å². The van der Waals surface area contributed by atoms with Crippen LogP contribution in [-0.2, 0) is 76.7 Å². The number of methoxy groups -OCH3 is 6. The van der Waals surface area contributed by atoms with Crippen LogP contribution in [0.2, 0.25) is 0 Å². The minimum absolute atomic E-state index is 0.0586. The first kappa shape index (κ1) is 115. The van der Waals surface area contributed by atoms with Crippen molar-refractivity contribution in [3.05, 3.63) is 333 Å². The van der Waals surface area contributed by atoms with Gasteiger partial charge in [0.2, 0.25) is 0 Å². The molecule has 32 heteroatoms. The van der Waals surface area contributed by atoms with E-state index in [9.17, 15) is 89.4 Å². The summed E-state index contributed by atoms with van der Waals surface area (Å²) >= 11 is 0. The van der Waals surface area contributed by atoms with Gasteiger partial charge in [0.15, 0.2) is 0 Å². The highest BCUT2D eigenvalue weighted by Gasteiger charge is 2.46. The van der Waals surface area contributed by atoms with Crippen LogP contribution in [0.15, 0.2) is 243 Å². The maximum atomic E-state index is 14.7. The van der Waals surface area contributed by atoms with Crippen LogP contribution in [0.5, 0.6) is 46.0 Å². The number of alkyl halides is 12. The number of rotatable bonds is 32. The van der Waals surface area contributed by atoms with Gasteiger partial charge >= 0.3 is 48.6 Å². The van der Waals surface area contributed by atoms with E-state index >= 15 is 0 Å². The lowest BCUT2D eigenvalue weighted by Crippen LogP contribution is -2.24. The molecule has 0 amide bonds. The molecule has 16 nitrogen and oxygen atoms in total. The summed E-state index contributed by atoms with van der Waals surface area (Å²) in [4.78, 5) is 45.0. The van der Waals surface area contributed by atoms with Gasteiger partial charge in [-0.1, -0.05) is 204 Å². The van der Waals surface area contributed by atoms with Crippen LogP contribution in [0.1, 0.15) is 199 Å². The van der Waals surface area contributed by atoms with Crippen LogP contribution in [0.3, 0.4) is 0 Å². The average Bonchev–Trinajstić information content (AvgIpc) is 0.784. The maximum Gasteiger partial charge on any atom is 0.396 e. The van der Waals surface area contributed by atoms with Gasteiger partial charge in [0.25, 0.3) is 0 Å². The van der Waals surface area contributed by atoms with Crippen LogP contribution in [0, 0.1) is 23.3 Å². The highest BCUT2D eigenvalue weighted by molar-refractivity contribution is 5.77. The molecule has 0 aliphatic carbocycles. The Morgan fingerprint density at radius 2 is 0.445 bits per heavy atom. The quantitative estimate of drug-likeness (QED) is 0.0298. The van der Waals surface area contributed by atoms with Crippen molar-refractivity contribution in [3.8, 4) is 90.5 Å². The molecule has 0 aromatic heterocycles. The van der Waals surface area contributed by atoms with E-state index in [0.29, 0.717) is 67.5 Å². The Hall–Kier alpha value is -14.2. The largest absolute Gasteiger partial charge is 0.497 e. The van der Waals surface area contributed by atoms with E-state index < -0.39 is 97.9 Å². The van der Waals surface area contributed by atoms with Gasteiger partial charge in [-0.05, 0) is 232 Å². The Balaban J connectivity index is 0.000000217. The number of halogens is 16. The zero-order valence-electron chi connectivity index (χ0n) is 83.7. The molecular formula is C114H116F16O16. The second-order valence-corrected chi connectivity index (χ2v) is 38.5. The Morgan fingerprint density at radius 3 is 0.616 bits per heavy atom. The van der Waals surface area contributed by atoms with E-state index in [-0.39, 0.29) is 117 Å². The number of carbonyl (C=O) groups is 4. The summed E-state index contributed by atoms with van der Waals surface area (Å²) in [5.74, 6) is -11.8. The summed E-state index contributed by atoms with van der Waals surface area (Å²) in [6.45, 7) is 24.3. The molecule has 0 saturated heterocycles. The van der Waals surface area contributed by atoms with E-state index in [1.165, 1.54) is 138 Å². The molecule has 12 aromatic rings. The average molecular weight is 2050 g/mol. The lowest BCUT2D eigenvalue weighted by atomic mass is 9.81. The Morgan fingerprint density at radius 1 is 0.247 bits per heavy atom. The first-order valence-electron chi connectivity index (χ1n) is 45.9. The third-order valence-corrected chi connectivity index (χ3v) is 23.6. The van der Waals surface area contributed by atoms with E-state index in [1.54, 1.807) is 97.1 Å². The predicted octanol–water partition coefficient (Wildman–Crippen LogP) is 30.2. The number of hydrogen-bond donors (Lipinski definition) is 2. The molecule has 0 saturated carbocycles. The molecule has 0 spiro atoms. The van der Waals surface area contributed by atoms with Crippen molar-refractivity contribution < 1.29 is 147 Å². The smallest absolute Gasteiger partial charge is 0.396 e. The standard InChI is InChI=1S/2C29H30F4O4.2C28H28F4O4/c2*1-28(2,3)25-13-18(9-11-22(25)23-15-20(35-4)10-12-26(23)30)17-37-21-8-6-7-19(14-21)24(29(31,32)33)16-27(34)36-5;2*1-27(2,3)24-12-17(8-10-21(24)22-14-19(35-4)9-11-25(22)29)16-36-20-7-5-6-18(13-20)23(15-26(33)34)28(30,31)32/h2*6-15,24H,16-17H2,1-5H3;2*5-14,23H,15-16H2,1-4H3,(H,33,34)/t2*24-;2*23-/m1010/s1. The van der Waals surface area contributed by atoms with Crippen molar-refractivity contribution in [2.75, 3.05) is 42.7 Å². The fourth-order valence-electron chi connectivity index (χ4n) is 16.0. The molecule has 0 aliphatic heterocycles. The van der Waals surface area contributed by atoms with Crippen LogP contribution >= 0.6 is 0 Å². The summed E-state index contributed by atoms with van der Waals surface area (Å²) in [7, 11) is 8.16. The fraction of sp³-hybridized carbons (Fsp3) is 0.333. The summed E-state index contributed by atoms with van der Waals surface area (Å²) in [6.07, 6.45) is -22.4. The third-order valence-electron chi connectivity index (χ3n) is 23.6. The number of benzene rings is 12. The molecule has 12 aromatic carbocycles. The summed E-state index contributed by atoms with van der Waals surface area (Å²) < 4.78 is 274. The molecular weight excluding hydrogens is 1930 g/mol. The van der Waals surface area contributed by atoms with Gasteiger partial charge in [-0.3, -0.25) is 19.2 Å². The number of aliphatic carboxylic acids is 2. The van der Waals surface area contributed by atoms with E-state index in [1.807, 2.05) is 119 Å². The van der Waals surface area contributed by atoms with Gasteiger partial charge in [-0.15, -0.1) is 0 Å². The molecule has 0 aliphatic rings. The molecule has 2 N–H and O–H groups in total. The molecule has 146 heavy (non-hydrogen) atoms. The second kappa shape index (κ2) is 49.1. The number of hydrogen-bond acceptors (Lipinski definition) is 14. The minimum Gasteiger partial charge on any atom is -0.497 e. The Kier molecular flexibility index (Phi) is 38.8. The predicted molar refractivity (Wildman–Crippen MR) is 524 cm³/mol. The van der Waals surface area contributed by atoms with Gasteiger partial charge in [0.05, 0.1) is 92.0 Å². The summed E-state index contributed by atoms with van der Waals surface area (Å²) in [6, 6.07) is 62.1. The van der Waals surface area contributed by atoms with E-state index in [0.717, 1.165) is 58.7 Å². The molecule has 780 valence electrons. The number of ether oxygens (including phenoxy) is 10. The molecule has 12 rings (SSSR count). The van der Waals surface area contributed by atoms with Gasteiger partial charge in [0.1, 0.15) is 95.7 Å². The van der Waals surface area contributed by atoms with Crippen molar-refractivity contribution in [3.63, 3.8) is 0 Å². The highest BCUT2D eigenvalue weighted by Crippen LogP contribution is 2.48. The lowest BCUT2D eigenvalue weighted by molar-refractivity contribution is -0.165. The van der Waals surface area contributed by atoms with E-state index in [2.05, 4.69) is 9.47 Å². The molecule has 0 fully saturated rings. The van der Waals surface area contributed by atoms with Gasteiger partial charge in [-0.25, -0.2) is 17.6 Å². The first-order chi connectivity index (χ1) is 68.2. The SMILES string of the molecule is COC(=O)C[C@@H](c1cccc(OCc2ccc(-c3cc(OC)ccc3F)c(C(C)(C)C)c2)c1)C(F)(F)F.COC(=O)C[C@H](c1cccc(OCc2ccc(-c3cc(OC)ccc3F)c(C(C)(C)C)c2)c1)C(F)(F)F.COc1ccc(F)c(-c2ccc(COc3cccc([C@@H](CC(=O)O)C(F)(F)F)c3)cc2C(C)(C)C)c1.COc1ccc(F)c(-c2ccc(COc3cccc([C@H](CC(=O)O)C(F)(F)F)c3)cc2C(C)(C)C)c1. The summed E-state index contributed by atoms with van der Waals surface area (Å²) in [5.41, 5.74) is 9.05. The van der Waals surface area contributed by atoms with Crippen molar-refractivity contribution in [1.29, 1.82) is 0 Å². The molecule has 0 unspecified atom stereocenters. The van der Waals surface area contributed by atoms with Crippen molar-refractivity contribution >= 4 is 23.9 Å². The molecule has 4 atom stereocenters. The highest BCUT2D eigenvalue weighted by atomic mass is 19.4. The minimum atomic E-state index is -4.70. The molecule has 0 radical (unpaired) electrons. The monoisotopic (exact) mass is 2040 g/mol. The van der Waals surface area contributed by atoms with E-state index in [4.69, 9.17) is 48.1 Å². The van der Waals surface area contributed by atoms with Crippen LogP contribution in [0.4, 0.5) is 70.2 Å². The molecule has 0 heterocycles. The zero-order chi connectivity index (χ0) is 108. The van der Waals surface area contributed by atoms with Crippen molar-refractivity contribution in [1.82, 2.24) is 0 Å². The van der Waals surface area contributed by atoms with Gasteiger partial charge < -0.3 is 57.6 Å². The third kappa shape index (κ3) is 32.4. The zero-order valence-corrected chi connectivity index (χ0v) is 83.7. The van der Waals surface area contributed by atoms with Gasteiger partial charge in [0, 0.05) is 22.3 Å². The summed E-state index contributed by atoms with van der Waals surface area (Å²) in [5, 5.41) is 17.8. The van der Waals surface area contributed by atoms with Crippen LogP contribution in [-0.4, -0.2) is 101 Å². The second-order valence-electron chi connectivity index (χ2n) is 38.5. The van der Waals surface area contributed by atoms with Crippen molar-refractivity contribution in [2.45, 2.75) is 205 Å². The first-order valence-corrected chi connectivity index (χ1v) is 45.9. The molecule has 0 bridgehead atoms. The number of carboxylic acids is 2. The number of esters is 2. The fourth-order valence-corrected chi connectivity index (χ4v) is 16.0. The lowest BCUT2D eigenvalue weighted by Gasteiger charge is -2.25. The van der Waals surface area contributed by atoms with Gasteiger partial charge in [-0.2, -0.15) is 52.7 Å².